The molecule has 20 heavy (non-hydrogen) atoms. The molecule has 1 fully saturated rings. The first-order chi connectivity index (χ1) is 9.38. The Balaban J connectivity index is 1.90. The highest BCUT2D eigenvalue weighted by molar-refractivity contribution is 5.36. The summed E-state index contributed by atoms with van der Waals surface area (Å²) >= 11 is 0. The molecule has 0 unspecified atom stereocenters. The lowest BCUT2D eigenvalue weighted by molar-refractivity contribution is -0.142. The lowest BCUT2D eigenvalue weighted by Crippen LogP contribution is -2.51. The molecule has 4 nitrogen and oxygen atoms in total. The number of aromatic nitrogens is 2. The summed E-state index contributed by atoms with van der Waals surface area (Å²) in [5.41, 5.74) is 0.772. The third-order valence-corrected chi connectivity index (χ3v) is 3.19. The molecule has 0 spiro atoms. The SMILES string of the molecule is Cc1cncc(N2CCN(CC(F)(F)C(F)F)CC2)n1. The van der Waals surface area contributed by atoms with Gasteiger partial charge in [0.15, 0.2) is 0 Å². The topological polar surface area (TPSA) is 32.3 Å². The fourth-order valence-corrected chi connectivity index (χ4v) is 2.10. The van der Waals surface area contributed by atoms with E-state index in [-0.39, 0.29) is 0 Å². The van der Waals surface area contributed by atoms with E-state index in [2.05, 4.69) is 9.97 Å². The number of piperazine rings is 1. The van der Waals surface area contributed by atoms with E-state index < -0.39 is 18.9 Å². The van der Waals surface area contributed by atoms with Gasteiger partial charge in [-0.25, -0.2) is 13.8 Å². The van der Waals surface area contributed by atoms with Crippen molar-refractivity contribution in [2.45, 2.75) is 19.3 Å². The molecular formula is C12H16F4N4. The number of hydrogen-bond donors (Lipinski definition) is 0. The Morgan fingerprint density at radius 2 is 1.85 bits per heavy atom. The Labute approximate surface area is 114 Å². The standard InChI is InChI=1S/C12H16F4N4/c1-9-6-17-7-10(18-9)20-4-2-19(3-5-20)8-12(15,16)11(13)14/h6-7,11H,2-5,8H2,1H3. The van der Waals surface area contributed by atoms with E-state index in [4.69, 9.17) is 0 Å². The number of aryl methyl sites for hydroxylation is 1. The van der Waals surface area contributed by atoms with E-state index in [9.17, 15) is 17.6 Å². The first-order valence-corrected chi connectivity index (χ1v) is 6.30. The number of nitrogens with zero attached hydrogens (tertiary/aromatic N) is 4. The molecule has 0 aliphatic carbocycles. The molecule has 0 aromatic carbocycles. The molecule has 2 rings (SSSR count). The molecule has 1 saturated heterocycles. The van der Waals surface area contributed by atoms with E-state index in [0.29, 0.717) is 32.0 Å². The molecule has 8 heteroatoms. The van der Waals surface area contributed by atoms with Gasteiger partial charge < -0.3 is 4.90 Å². The fraction of sp³-hybridized carbons (Fsp3) is 0.667. The van der Waals surface area contributed by atoms with Gasteiger partial charge in [-0.2, -0.15) is 8.78 Å². The highest BCUT2D eigenvalue weighted by atomic mass is 19.3. The van der Waals surface area contributed by atoms with Gasteiger partial charge in [0.25, 0.3) is 0 Å². The molecule has 0 saturated carbocycles. The Morgan fingerprint density at radius 1 is 1.20 bits per heavy atom. The zero-order valence-corrected chi connectivity index (χ0v) is 11.1. The maximum absolute atomic E-state index is 13.0. The zero-order valence-electron chi connectivity index (χ0n) is 11.1. The van der Waals surface area contributed by atoms with Crippen molar-refractivity contribution in [3.63, 3.8) is 0 Å². The fourth-order valence-electron chi connectivity index (χ4n) is 2.10. The predicted molar refractivity (Wildman–Crippen MR) is 66.4 cm³/mol. The van der Waals surface area contributed by atoms with Crippen LogP contribution in [0.4, 0.5) is 23.4 Å². The molecule has 1 aromatic rings. The highest BCUT2D eigenvalue weighted by Gasteiger charge is 2.42. The van der Waals surface area contributed by atoms with Crippen LogP contribution in [0.3, 0.4) is 0 Å². The van der Waals surface area contributed by atoms with Gasteiger partial charge in [0.05, 0.1) is 18.4 Å². The molecular weight excluding hydrogens is 276 g/mol. The molecule has 0 amide bonds. The van der Waals surface area contributed by atoms with Gasteiger partial charge in [-0.05, 0) is 6.92 Å². The number of halogens is 4. The molecule has 1 aliphatic heterocycles. The second-order valence-corrected chi connectivity index (χ2v) is 4.84. The average Bonchev–Trinajstić information content (AvgIpc) is 2.39. The smallest absolute Gasteiger partial charge is 0.319 e. The van der Waals surface area contributed by atoms with Crippen molar-refractivity contribution in [2.75, 3.05) is 37.6 Å². The van der Waals surface area contributed by atoms with Gasteiger partial charge >= 0.3 is 12.3 Å². The first-order valence-electron chi connectivity index (χ1n) is 6.30. The molecule has 112 valence electrons. The second kappa shape index (κ2) is 5.90. The van der Waals surface area contributed by atoms with Crippen LogP contribution in [0.2, 0.25) is 0 Å². The molecule has 1 aromatic heterocycles. The first kappa shape index (κ1) is 15.0. The van der Waals surface area contributed by atoms with E-state index >= 15 is 0 Å². The monoisotopic (exact) mass is 292 g/mol. The van der Waals surface area contributed by atoms with Gasteiger partial charge in [-0.3, -0.25) is 9.88 Å². The maximum Gasteiger partial charge on any atom is 0.319 e. The summed E-state index contributed by atoms with van der Waals surface area (Å²) in [5.74, 6) is -3.27. The van der Waals surface area contributed by atoms with Crippen LogP contribution in [0.5, 0.6) is 0 Å². The molecule has 2 heterocycles. The largest absolute Gasteiger partial charge is 0.353 e. The predicted octanol–water partition coefficient (Wildman–Crippen LogP) is 1.81. The third kappa shape index (κ3) is 3.56. The quantitative estimate of drug-likeness (QED) is 0.792. The average molecular weight is 292 g/mol. The minimum Gasteiger partial charge on any atom is -0.353 e. The summed E-state index contributed by atoms with van der Waals surface area (Å²) in [5, 5.41) is 0. The molecule has 1 aliphatic rings. The number of anilines is 1. The van der Waals surface area contributed by atoms with E-state index in [1.165, 1.54) is 4.90 Å². The van der Waals surface area contributed by atoms with Crippen LogP contribution in [0.25, 0.3) is 0 Å². The highest BCUT2D eigenvalue weighted by Crippen LogP contribution is 2.24. The Bertz CT molecular complexity index is 447. The Kier molecular flexibility index (Phi) is 4.42. The van der Waals surface area contributed by atoms with Gasteiger partial charge in [0.1, 0.15) is 5.82 Å². The van der Waals surface area contributed by atoms with Crippen LogP contribution < -0.4 is 4.90 Å². The van der Waals surface area contributed by atoms with Crippen LogP contribution in [0.15, 0.2) is 12.4 Å². The minimum atomic E-state index is -3.95. The van der Waals surface area contributed by atoms with Crippen molar-refractivity contribution in [1.82, 2.24) is 14.9 Å². The summed E-state index contributed by atoms with van der Waals surface area (Å²) in [6.07, 6.45) is -0.387. The van der Waals surface area contributed by atoms with Crippen molar-refractivity contribution >= 4 is 5.82 Å². The number of rotatable bonds is 4. The zero-order chi connectivity index (χ0) is 14.8. The van der Waals surface area contributed by atoms with E-state index in [0.717, 1.165) is 5.69 Å². The molecule has 0 N–H and O–H groups in total. The summed E-state index contributed by atoms with van der Waals surface area (Å²) in [6.45, 7) is 2.46. The Morgan fingerprint density at radius 3 is 2.40 bits per heavy atom. The maximum atomic E-state index is 13.0. The minimum absolute atomic E-state index is 0.304. The summed E-state index contributed by atoms with van der Waals surface area (Å²) < 4.78 is 50.2. The van der Waals surface area contributed by atoms with E-state index in [1.807, 2.05) is 11.8 Å². The van der Waals surface area contributed by atoms with Crippen LogP contribution in [-0.2, 0) is 0 Å². The molecule has 0 atom stereocenters. The summed E-state index contributed by atoms with van der Waals surface area (Å²) in [7, 11) is 0. The van der Waals surface area contributed by atoms with Gasteiger partial charge in [-0.15, -0.1) is 0 Å². The number of alkyl halides is 4. The van der Waals surface area contributed by atoms with Gasteiger partial charge in [-0.1, -0.05) is 0 Å². The van der Waals surface area contributed by atoms with Crippen LogP contribution in [0.1, 0.15) is 5.69 Å². The lowest BCUT2D eigenvalue weighted by atomic mass is 10.2. The van der Waals surface area contributed by atoms with Gasteiger partial charge in [0, 0.05) is 32.4 Å². The van der Waals surface area contributed by atoms with Crippen molar-refractivity contribution in [3.8, 4) is 0 Å². The van der Waals surface area contributed by atoms with Crippen molar-refractivity contribution in [2.24, 2.45) is 0 Å². The Hall–Kier alpha value is -1.44. The van der Waals surface area contributed by atoms with Crippen LogP contribution >= 0.6 is 0 Å². The molecule has 0 radical (unpaired) electrons. The van der Waals surface area contributed by atoms with Gasteiger partial charge in [0.2, 0.25) is 0 Å². The van der Waals surface area contributed by atoms with Crippen LogP contribution in [-0.4, -0.2) is 59.9 Å². The molecule has 0 bridgehead atoms. The van der Waals surface area contributed by atoms with Crippen molar-refractivity contribution < 1.29 is 17.6 Å². The van der Waals surface area contributed by atoms with Crippen molar-refractivity contribution in [1.29, 1.82) is 0 Å². The summed E-state index contributed by atoms with van der Waals surface area (Å²) in [6, 6.07) is 0. The lowest BCUT2D eigenvalue weighted by Gasteiger charge is -2.36. The van der Waals surface area contributed by atoms with Crippen LogP contribution in [0, 0.1) is 6.92 Å². The number of hydrogen-bond acceptors (Lipinski definition) is 4. The summed E-state index contributed by atoms with van der Waals surface area (Å²) in [4.78, 5) is 11.6. The van der Waals surface area contributed by atoms with Crippen molar-refractivity contribution in [3.05, 3.63) is 18.1 Å². The second-order valence-electron chi connectivity index (χ2n) is 4.84. The van der Waals surface area contributed by atoms with E-state index in [1.54, 1.807) is 12.4 Å². The normalized spacial score (nSPS) is 17.8. The third-order valence-electron chi connectivity index (χ3n) is 3.19.